The summed E-state index contributed by atoms with van der Waals surface area (Å²) in [5.74, 6) is 2.18. The number of hydrogen-bond acceptors (Lipinski definition) is 4. The fourth-order valence-electron chi connectivity index (χ4n) is 5.44. The van der Waals surface area contributed by atoms with Crippen LogP contribution in [-0.2, 0) is 21.5 Å². The van der Waals surface area contributed by atoms with Crippen molar-refractivity contribution in [2.45, 2.75) is 44.7 Å². The van der Waals surface area contributed by atoms with E-state index in [1.165, 1.54) is 39.2 Å². The Hall–Kier alpha value is -1.44. The lowest BCUT2D eigenvalue weighted by Crippen LogP contribution is -2.57. The van der Waals surface area contributed by atoms with Gasteiger partial charge in [0, 0.05) is 12.6 Å². The van der Waals surface area contributed by atoms with E-state index in [-0.39, 0.29) is 12.6 Å². The van der Waals surface area contributed by atoms with Crippen LogP contribution in [0.3, 0.4) is 0 Å². The van der Waals surface area contributed by atoms with Crippen LogP contribution in [0.5, 0.6) is 0 Å². The number of ether oxygens (including phenoxy) is 1. The molecule has 4 saturated carbocycles. The van der Waals surface area contributed by atoms with Gasteiger partial charge in [0.2, 0.25) is 0 Å². The molecule has 7 heteroatoms. The molecule has 142 valence electrons. The highest BCUT2D eigenvalue weighted by Gasteiger charge is 2.49. The van der Waals surface area contributed by atoms with Crippen LogP contribution in [0.4, 0.5) is 0 Å². The van der Waals surface area contributed by atoms with Gasteiger partial charge >= 0.3 is 5.97 Å². The smallest absolute Gasteiger partial charge is 0.337 e. The molecule has 26 heavy (non-hydrogen) atoms. The Morgan fingerprint density at radius 3 is 2.38 bits per heavy atom. The van der Waals surface area contributed by atoms with E-state index in [9.17, 15) is 13.2 Å². The Labute approximate surface area is 154 Å². The molecule has 4 fully saturated rings. The second kappa shape index (κ2) is 6.94. The second-order valence-electron chi connectivity index (χ2n) is 8.09. The molecule has 4 aliphatic rings. The van der Waals surface area contributed by atoms with Gasteiger partial charge in [-0.15, -0.1) is 0 Å². The van der Waals surface area contributed by atoms with E-state index in [2.05, 4.69) is 9.44 Å². The maximum atomic E-state index is 12.6. The minimum absolute atomic E-state index is 0.0710. The van der Waals surface area contributed by atoms with Crippen LogP contribution in [0, 0.1) is 23.7 Å². The van der Waals surface area contributed by atoms with Gasteiger partial charge in [0.15, 0.2) is 0 Å². The first-order chi connectivity index (χ1) is 12.4. The molecule has 6 nitrogen and oxygen atoms in total. The molecule has 0 heterocycles. The summed E-state index contributed by atoms with van der Waals surface area (Å²) in [6, 6.07) is 6.88. The van der Waals surface area contributed by atoms with Crippen molar-refractivity contribution in [1.29, 1.82) is 0 Å². The van der Waals surface area contributed by atoms with Crippen LogP contribution in [0.15, 0.2) is 24.3 Å². The number of carbonyl (C=O) groups excluding carboxylic acids is 1. The molecule has 4 bridgehead atoms. The maximum Gasteiger partial charge on any atom is 0.337 e. The van der Waals surface area contributed by atoms with Gasteiger partial charge in [-0.25, -0.2) is 4.79 Å². The summed E-state index contributed by atoms with van der Waals surface area (Å²) < 4.78 is 35.4. The fourth-order valence-corrected chi connectivity index (χ4v) is 6.63. The zero-order valence-electron chi connectivity index (χ0n) is 15.0. The summed E-state index contributed by atoms with van der Waals surface area (Å²) in [6.45, 7) is 0.146. The maximum absolute atomic E-state index is 12.6. The third kappa shape index (κ3) is 3.66. The first-order valence-electron chi connectivity index (χ1n) is 9.37. The zero-order valence-corrected chi connectivity index (χ0v) is 15.8. The molecular weight excluding hydrogens is 352 g/mol. The van der Waals surface area contributed by atoms with Crippen LogP contribution in [0.1, 0.15) is 48.0 Å². The normalized spacial score (nSPS) is 32.6. The summed E-state index contributed by atoms with van der Waals surface area (Å²) in [6.07, 6.45) is 6.02. The first-order valence-corrected chi connectivity index (χ1v) is 10.9. The van der Waals surface area contributed by atoms with Crippen molar-refractivity contribution in [3.63, 3.8) is 0 Å². The molecule has 1 aromatic rings. The SMILES string of the molecule is COC(=O)c1cccc(CNS(=O)(=O)NC2C3CC4CC(C3)CC2C4)c1. The molecule has 0 saturated heterocycles. The minimum Gasteiger partial charge on any atom is -0.465 e. The van der Waals surface area contributed by atoms with Gasteiger partial charge in [0.05, 0.1) is 12.7 Å². The highest BCUT2D eigenvalue weighted by Crippen LogP contribution is 2.53. The Balaban J connectivity index is 1.38. The summed E-state index contributed by atoms with van der Waals surface area (Å²) in [5, 5.41) is 0. The third-order valence-electron chi connectivity index (χ3n) is 6.33. The molecular formula is C19H26N2O4S. The van der Waals surface area contributed by atoms with Gasteiger partial charge in [-0.1, -0.05) is 12.1 Å². The number of nitrogens with one attached hydrogen (secondary N) is 2. The number of benzene rings is 1. The van der Waals surface area contributed by atoms with Gasteiger partial charge in [-0.3, -0.25) is 0 Å². The van der Waals surface area contributed by atoms with Crippen LogP contribution in [0.2, 0.25) is 0 Å². The average molecular weight is 378 g/mol. The fraction of sp³-hybridized carbons (Fsp3) is 0.632. The second-order valence-corrected chi connectivity index (χ2v) is 9.62. The lowest BCUT2D eigenvalue weighted by atomic mass is 9.54. The molecule has 0 amide bonds. The van der Waals surface area contributed by atoms with E-state index in [0.717, 1.165) is 17.4 Å². The van der Waals surface area contributed by atoms with E-state index < -0.39 is 16.2 Å². The highest BCUT2D eigenvalue weighted by atomic mass is 32.2. The number of rotatable bonds is 6. The summed E-state index contributed by atoms with van der Waals surface area (Å²) >= 11 is 0. The van der Waals surface area contributed by atoms with Crippen molar-refractivity contribution < 1.29 is 17.9 Å². The minimum atomic E-state index is -3.58. The van der Waals surface area contributed by atoms with E-state index >= 15 is 0 Å². The van der Waals surface area contributed by atoms with Crippen molar-refractivity contribution in [3.8, 4) is 0 Å². The van der Waals surface area contributed by atoms with Gasteiger partial charge in [0.25, 0.3) is 10.2 Å². The molecule has 0 spiro atoms. The molecule has 0 radical (unpaired) electrons. The first kappa shape index (κ1) is 17.9. The lowest BCUT2D eigenvalue weighted by Gasteiger charge is -2.54. The topological polar surface area (TPSA) is 84.5 Å². The van der Waals surface area contributed by atoms with Crippen LogP contribution < -0.4 is 9.44 Å². The van der Waals surface area contributed by atoms with Crippen LogP contribution >= 0.6 is 0 Å². The monoisotopic (exact) mass is 378 g/mol. The number of esters is 1. The number of carbonyl (C=O) groups is 1. The molecule has 0 atom stereocenters. The summed E-state index contributed by atoms with van der Waals surface area (Å²) in [5.41, 5.74) is 1.14. The lowest BCUT2D eigenvalue weighted by molar-refractivity contribution is -0.00569. The average Bonchev–Trinajstić information content (AvgIpc) is 2.62. The van der Waals surface area contributed by atoms with Gasteiger partial charge in [-0.05, 0) is 73.5 Å². The quantitative estimate of drug-likeness (QED) is 0.744. The molecule has 0 unspecified atom stereocenters. The van der Waals surface area contributed by atoms with Crippen molar-refractivity contribution in [1.82, 2.24) is 9.44 Å². The van der Waals surface area contributed by atoms with E-state index in [1.54, 1.807) is 24.3 Å². The Morgan fingerprint density at radius 2 is 1.77 bits per heavy atom. The van der Waals surface area contributed by atoms with E-state index in [0.29, 0.717) is 17.4 Å². The molecule has 0 aliphatic heterocycles. The summed E-state index contributed by atoms with van der Waals surface area (Å²) in [4.78, 5) is 11.6. The molecule has 0 aromatic heterocycles. The van der Waals surface area contributed by atoms with Gasteiger partial charge < -0.3 is 4.74 Å². The van der Waals surface area contributed by atoms with Gasteiger partial charge in [0.1, 0.15) is 0 Å². The van der Waals surface area contributed by atoms with Crippen molar-refractivity contribution >= 4 is 16.2 Å². The summed E-state index contributed by atoms with van der Waals surface area (Å²) in [7, 11) is -2.25. The van der Waals surface area contributed by atoms with Gasteiger partial charge in [-0.2, -0.15) is 17.9 Å². The molecule has 4 aliphatic carbocycles. The zero-order chi connectivity index (χ0) is 18.3. The number of methoxy groups -OCH3 is 1. The Morgan fingerprint density at radius 1 is 1.12 bits per heavy atom. The van der Waals surface area contributed by atoms with E-state index in [1.807, 2.05) is 0 Å². The van der Waals surface area contributed by atoms with Crippen LogP contribution in [0.25, 0.3) is 0 Å². The van der Waals surface area contributed by atoms with Crippen LogP contribution in [-0.4, -0.2) is 27.5 Å². The molecule has 2 N–H and O–H groups in total. The third-order valence-corrected chi connectivity index (χ3v) is 7.44. The Kier molecular flexibility index (Phi) is 4.79. The van der Waals surface area contributed by atoms with Crippen molar-refractivity contribution in [2.24, 2.45) is 23.7 Å². The predicted octanol–water partition coefficient (Wildman–Crippen LogP) is 2.22. The predicted molar refractivity (Wildman–Crippen MR) is 97.5 cm³/mol. The molecule has 1 aromatic carbocycles. The van der Waals surface area contributed by atoms with Crippen molar-refractivity contribution in [3.05, 3.63) is 35.4 Å². The Bertz CT molecular complexity index is 764. The standard InChI is InChI=1S/C19H26N2O4S/c1-25-19(22)15-4-2-3-12(6-15)11-20-26(23,24)21-18-16-7-13-5-14(9-16)10-17(18)8-13/h2-4,6,13-14,16-18,20-21H,5,7-11H2,1H3. The van der Waals surface area contributed by atoms with Crippen molar-refractivity contribution in [2.75, 3.05) is 7.11 Å². The highest BCUT2D eigenvalue weighted by molar-refractivity contribution is 7.87. The molecule has 5 rings (SSSR count). The largest absolute Gasteiger partial charge is 0.465 e. The number of hydrogen-bond donors (Lipinski definition) is 2. The van der Waals surface area contributed by atoms with E-state index in [4.69, 9.17) is 4.74 Å².